The van der Waals surface area contributed by atoms with Crippen LogP contribution in [0, 0.1) is 0 Å². The van der Waals surface area contributed by atoms with Gasteiger partial charge in [-0.05, 0) is 52.9 Å². The van der Waals surface area contributed by atoms with Gasteiger partial charge in [0.1, 0.15) is 0 Å². The zero-order chi connectivity index (χ0) is 29.8. The molecule has 39 heavy (non-hydrogen) atoms. The van der Waals surface area contributed by atoms with Crippen molar-refractivity contribution < 1.29 is 43.6 Å². The molecule has 0 saturated heterocycles. The number of hydrogen-bond donors (Lipinski definition) is 2. The molecule has 9 nitrogen and oxygen atoms in total. The van der Waals surface area contributed by atoms with E-state index in [1.165, 1.54) is 70.6 Å². The summed E-state index contributed by atoms with van der Waals surface area (Å²) in [5.74, 6) is -3.29. The number of aliphatic carboxylic acids is 1. The van der Waals surface area contributed by atoms with Crippen LogP contribution < -0.4 is 0 Å². The molecule has 0 aromatic rings. The van der Waals surface area contributed by atoms with Crippen LogP contribution >= 0.6 is 0 Å². The third-order valence-electron chi connectivity index (χ3n) is 5.79. The number of esters is 3. The zero-order valence-corrected chi connectivity index (χ0v) is 24.8. The van der Waals surface area contributed by atoms with Crippen LogP contribution in [-0.4, -0.2) is 59.5 Å². The minimum absolute atomic E-state index is 0.0206. The van der Waals surface area contributed by atoms with Crippen molar-refractivity contribution in [1.29, 1.82) is 0 Å². The lowest BCUT2D eigenvalue weighted by Crippen LogP contribution is -2.44. The molecule has 228 valence electrons. The van der Waals surface area contributed by atoms with Crippen LogP contribution in [0.1, 0.15) is 130 Å². The highest BCUT2D eigenvalue weighted by atomic mass is 16.6. The Kier molecular flexibility index (Phi) is 27.0. The molecule has 0 unspecified atom stereocenters. The van der Waals surface area contributed by atoms with Crippen LogP contribution in [0.4, 0.5) is 0 Å². The van der Waals surface area contributed by atoms with E-state index in [0.29, 0.717) is 6.42 Å². The molecule has 0 radical (unpaired) electrons. The van der Waals surface area contributed by atoms with E-state index in [9.17, 15) is 24.3 Å². The Hall–Kier alpha value is -2.42. The summed E-state index contributed by atoms with van der Waals surface area (Å²) in [6.07, 6.45) is 19.9. The number of hydrogen-bond acceptors (Lipinski definition) is 8. The number of aliphatic hydroxyl groups is 1. The molecule has 0 rings (SSSR count). The van der Waals surface area contributed by atoms with Gasteiger partial charge in [-0.2, -0.15) is 0 Å². The maximum Gasteiger partial charge on any atom is 0.339 e. The third kappa shape index (κ3) is 25.6. The van der Waals surface area contributed by atoms with Gasteiger partial charge in [0, 0.05) is 6.42 Å². The minimum Gasteiger partial charge on any atom is -0.481 e. The summed E-state index contributed by atoms with van der Waals surface area (Å²) in [5.41, 5.74) is -2.26. The molecule has 0 spiro atoms. The monoisotopic (exact) mass is 558 g/mol. The van der Waals surface area contributed by atoms with Crippen molar-refractivity contribution >= 4 is 23.9 Å². The average molecular weight is 559 g/mol. The molecule has 0 amide bonds. The maximum atomic E-state index is 11.7. The first-order valence-electron chi connectivity index (χ1n) is 14.7. The number of rotatable bonds is 23. The number of unbranched alkanes of at least 4 members (excludes halogenated alkanes) is 11. The number of ether oxygens (including phenoxy) is 3. The summed E-state index contributed by atoms with van der Waals surface area (Å²) in [6.45, 7) is 7.22. The highest BCUT2D eigenvalue weighted by Crippen LogP contribution is 2.20. The van der Waals surface area contributed by atoms with Gasteiger partial charge < -0.3 is 24.4 Å². The molecular weight excluding hydrogens is 504 g/mol. The lowest BCUT2D eigenvalue weighted by atomic mass is 9.95. The van der Waals surface area contributed by atoms with Crippen molar-refractivity contribution in [1.82, 2.24) is 0 Å². The molecule has 0 atom stereocenters. The smallest absolute Gasteiger partial charge is 0.339 e. The van der Waals surface area contributed by atoms with E-state index in [-0.39, 0.29) is 19.8 Å². The summed E-state index contributed by atoms with van der Waals surface area (Å²) in [6, 6.07) is 0. The Labute approximate surface area is 235 Å². The zero-order valence-electron chi connectivity index (χ0n) is 24.8. The second-order valence-electron chi connectivity index (χ2n) is 9.44. The summed E-state index contributed by atoms with van der Waals surface area (Å²) >= 11 is 0. The quantitative estimate of drug-likeness (QED) is 0.0641. The molecule has 0 aliphatic rings. The van der Waals surface area contributed by atoms with Crippen molar-refractivity contribution in [2.75, 3.05) is 19.8 Å². The molecular formula is C30H54O9. The number of carbonyl (C=O) groups is 4. The van der Waals surface area contributed by atoms with Crippen LogP contribution in [0.2, 0.25) is 0 Å². The Morgan fingerprint density at radius 2 is 1.03 bits per heavy atom. The first-order chi connectivity index (χ1) is 18.7. The standard InChI is InChI=1S/C18H34O2.C12H20O7/c1-2-3-4-5-6-7-8-9-10-11-12-13-14-15-16-17-18(19)20;1-4-17-9(13)7-12(16,11(15)19-6-3)8-10(14)18-5-2/h9-10H,2-8,11-17H2,1H3,(H,19,20);16H,4-8H2,1-3H3/b10-9-;. The van der Waals surface area contributed by atoms with Gasteiger partial charge in [-0.1, -0.05) is 70.4 Å². The molecule has 0 heterocycles. The average Bonchev–Trinajstić information content (AvgIpc) is 2.87. The first-order valence-corrected chi connectivity index (χ1v) is 14.7. The normalized spacial score (nSPS) is 11.0. The van der Waals surface area contributed by atoms with Gasteiger partial charge in [-0.15, -0.1) is 0 Å². The number of carboxylic acids is 1. The van der Waals surface area contributed by atoms with Gasteiger partial charge in [-0.25, -0.2) is 4.79 Å². The van der Waals surface area contributed by atoms with Crippen molar-refractivity contribution in [3.05, 3.63) is 12.2 Å². The van der Waals surface area contributed by atoms with Crippen LogP contribution in [0.5, 0.6) is 0 Å². The number of carbonyl (C=O) groups excluding carboxylic acids is 3. The predicted octanol–water partition coefficient (Wildman–Crippen LogP) is 6.30. The Morgan fingerprint density at radius 1 is 0.615 bits per heavy atom. The van der Waals surface area contributed by atoms with Crippen LogP contribution in [0.25, 0.3) is 0 Å². The fraction of sp³-hybridized carbons (Fsp3) is 0.800. The molecule has 0 aliphatic heterocycles. The Morgan fingerprint density at radius 3 is 1.44 bits per heavy atom. The lowest BCUT2D eigenvalue weighted by molar-refractivity contribution is -0.177. The van der Waals surface area contributed by atoms with Gasteiger partial charge in [0.2, 0.25) is 0 Å². The summed E-state index contributed by atoms with van der Waals surface area (Å²) in [7, 11) is 0. The highest BCUT2D eigenvalue weighted by Gasteiger charge is 2.43. The fourth-order valence-corrected chi connectivity index (χ4v) is 3.72. The highest BCUT2D eigenvalue weighted by molar-refractivity contribution is 5.90. The molecule has 2 N–H and O–H groups in total. The number of allylic oxidation sites excluding steroid dienone is 2. The SMILES string of the molecule is CCCCCCCC/C=C\CCCCCCCC(=O)O.CCOC(=O)CC(O)(CC(=O)OCC)C(=O)OCC. The van der Waals surface area contributed by atoms with Crippen LogP contribution in [-0.2, 0) is 33.4 Å². The van der Waals surface area contributed by atoms with Crippen molar-refractivity contribution in [3.8, 4) is 0 Å². The molecule has 0 bridgehead atoms. The number of carboxylic acid groups (broad SMARTS) is 1. The molecule has 0 saturated carbocycles. The minimum atomic E-state index is -2.26. The first kappa shape index (κ1) is 38.7. The second-order valence-corrected chi connectivity index (χ2v) is 9.44. The third-order valence-corrected chi connectivity index (χ3v) is 5.79. The molecule has 9 heteroatoms. The predicted molar refractivity (Wildman–Crippen MR) is 151 cm³/mol. The molecule has 0 aliphatic carbocycles. The summed E-state index contributed by atoms with van der Waals surface area (Å²) in [4.78, 5) is 44.7. The van der Waals surface area contributed by atoms with Crippen molar-refractivity contribution in [3.63, 3.8) is 0 Å². The van der Waals surface area contributed by atoms with Gasteiger partial charge in [0.05, 0.1) is 32.7 Å². The van der Waals surface area contributed by atoms with Gasteiger partial charge in [0.15, 0.2) is 5.60 Å². The van der Waals surface area contributed by atoms with Gasteiger partial charge in [-0.3, -0.25) is 14.4 Å². The lowest BCUT2D eigenvalue weighted by Gasteiger charge is -2.23. The van der Waals surface area contributed by atoms with E-state index in [2.05, 4.69) is 33.3 Å². The van der Waals surface area contributed by atoms with Gasteiger partial charge >= 0.3 is 23.9 Å². The van der Waals surface area contributed by atoms with Crippen molar-refractivity contribution in [2.24, 2.45) is 0 Å². The summed E-state index contributed by atoms with van der Waals surface area (Å²) in [5, 5.41) is 18.6. The van der Waals surface area contributed by atoms with Crippen LogP contribution in [0.15, 0.2) is 12.2 Å². The van der Waals surface area contributed by atoms with E-state index >= 15 is 0 Å². The van der Waals surface area contributed by atoms with E-state index in [1.807, 2.05) is 0 Å². The molecule has 0 fully saturated rings. The van der Waals surface area contributed by atoms with Gasteiger partial charge in [0.25, 0.3) is 0 Å². The Bertz CT molecular complexity index is 653. The van der Waals surface area contributed by atoms with E-state index in [4.69, 9.17) is 5.11 Å². The maximum absolute atomic E-state index is 11.7. The molecule has 0 aromatic heterocycles. The Balaban J connectivity index is 0. The molecule has 0 aromatic carbocycles. The van der Waals surface area contributed by atoms with Crippen LogP contribution in [0.3, 0.4) is 0 Å². The largest absolute Gasteiger partial charge is 0.481 e. The van der Waals surface area contributed by atoms with Crippen molar-refractivity contribution in [2.45, 2.75) is 136 Å². The topological polar surface area (TPSA) is 136 Å². The fourth-order valence-electron chi connectivity index (χ4n) is 3.72. The van der Waals surface area contributed by atoms with E-state index in [0.717, 1.165) is 12.8 Å². The van der Waals surface area contributed by atoms with E-state index < -0.39 is 42.3 Å². The second kappa shape index (κ2) is 27.2. The van der Waals surface area contributed by atoms with E-state index in [1.54, 1.807) is 20.8 Å². The summed E-state index contributed by atoms with van der Waals surface area (Å²) < 4.78 is 14.0.